The van der Waals surface area contributed by atoms with E-state index in [9.17, 15) is 4.79 Å². The van der Waals surface area contributed by atoms with E-state index in [0.29, 0.717) is 0 Å². The molecule has 0 aromatic rings. The first-order valence-electron chi connectivity index (χ1n) is 3.49. The van der Waals surface area contributed by atoms with Crippen molar-refractivity contribution in [3.63, 3.8) is 0 Å². The second-order valence-electron chi connectivity index (χ2n) is 2.09. The molecular weight excluding hydrogens is 144 g/mol. The van der Waals surface area contributed by atoms with E-state index in [2.05, 4.69) is 10.3 Å². The Morgan fingerprint density at radius 3 is 2.64 bits per heavy atom. The molecule has 64 valence electrons. The number of carbonyl (C=O) groups is 1. The van der Waals surface area contributed by atoms with Crippen molar-refractivity contribution in [3.05, 3.63) is 0 Å². The Hall–Kier alpha value is -1.26. The largest absolute Gasteiger partial charge is 0.370 e. The lowest BCUT2D eigenvalue weighted by Gasteiger charge is -2.01. The van der Waals surface area contributed by atoms with Crippen molar-refractivity contribution in [2.75, 3.05) is 13.1 Å². The van der Waals surface area contributed by atoms with E-state index in [-0.39, 0.29) is 12.5 Å². The van der Waals surface area contributed by atoms with Crippen molar-refractivity contribution < 1.29 is 4.79 Å². The molecule has 0 saturated carbocycles. The average molecular weight is 158 g/mol. The maximum Gasteiger partial charge on any atom is 0.239 e. The molecule has 0 aliphatic carbocycles. The Kier molecular flexibility index (Phi) is 4.89. The van der Waals surface area contributed by atoms with Gasteiger partial charge in [-0.2, -0.15) is 0 Å². The van der Waals surface area contributed by atoms with Crippen LogP contribution in [0.3, 0.4) is 0 Å². The highest BCUT2D eigenvalue weighted by molar-refractivity contribution is 5.82. The molecule has 0 aromatic heterocycles. The standard InChI is InChI=1S/C6H14N4O/c1-2-3-9-6(8)10-4-5(7)11/h2-4H2,1H3,(H2,7,11)(H3,8,9,10). The van der Waals surface area contributed by atoms with Gasteiger partial charge in [-0.15, -0.1) is 0 Å². The summed E-state index contributed by atoms with van der Waals surface area (Å²) in [5, 5.41) is 2.81. The summed E-state index contributed by atoms with van der Waals surface area (Å²) in [6, 6.07) is 0. The molecule has 0 fully saturated rings. The maximum atomic E-state index is 10.2. The van der Waals surface area contributed by atoms with Gasteiger partial charge in [-0.25, -0.2) is 4.99 Å². The third kappa shape index (κ3) is 6.63. The normalized spacial score (nSPS) is 11.2. The summed E-state index contributed by atoms with van der Waals surface area (Å²) in [6.45, 7) is 2.71. The molecule has 5 N–H and O–H groups in total. The molecular formula is C6H14N4O. The summed E-state index contributed by atoms with van der Waals surface area (Å²) >= 11 is 0. The highest BCUT2D eigenvalue weighted by Crippen LogP contribution is 1.71. The van der Waals surface area contributed by atoms with Gasteiger partial charge in [0.15, 0.2) is 5.96 Å². The van der Waals surface area contributed by atoms with Gasteiger partial charge in [0.1, 0.15) is 6.54 Å². The Labute approximate surface area is 65.9 Å². The lowest BCUT2D eigenvalue weighted by Crippen LogP contribution is -2.33. The number of carbonyl (C=O) groups excluding carboxylic acids is 1. The number of rotatable bonds is 4. The molecule has 0 radical (unpaired) electrons. The third-order valence-electron chi connectivity index (χ3n) is 0.961. The maximum absolute atomic E-state index is 10.2. The van der Waals surface area contributed by atoms with Crippen LogP contribution in [-0.4, -0.2) is 25.0 Å². The number of guanidine groups is 1. The highest BCUT2D eigenvalue weighted by Gasteiger charge is 1.91. The Bertz CT molecular complexity index is 155. The number of nitrogens with two attached hydrogens (primary N) is 2. The van der Waals surface area contributed by atoms with Gasteiger partial charge in [0.2, 0.25) is 5.91 Å². The summed E-state index contributed by atoms with van der Waals surface area (Å²) < 4.78 is 0. The fraction of sp³-hybridized carbons (Fsp3) is 0.667. The van der Waals surface area contributed by atoms with Crippen molar-refractivity contribution in [3.8, 4) is 0 Å². The number of nitrogens with zero attached hydrogens (tertiary/aromatic N) is 1. The van der Waals surface area contributed by atoms with Crippen LogP contribution in [0.4, 0.5) is 0 Å². The van der Waals surface area contributed by atoms with Crippen LogP contribution in [0, 0.1) is 0 Å². The summed E-state index contributed by atoms with van der Waals surface area (Å²) in [5.74, 6) is -0.211. The van der Waals surface area contributed by atoms with Gasteiger partial charge in [0.05, 0.1) is 0 Å². The Morgan fingerprint density at radius 1 is 1.55 bits per heavy atom. The monoisotopic (exact) mass is 158 g/mol. The van der Waals surface area contributed by atoms with E-state index in [0.717, 1.165) is 13.0 Å². The molecule has 0 saturated heterocycles. The number of primary amides is 1. The molecule has 0 unspecified atom stereocenters. The second kappa shape index (κ2) is 5.52. The van der Waals surface area contributed by atoms with Crippen LogP contribution in [0.5, 0.6) is 0 Å². The number of hydrogen-bond acceptors (Lipinski definition) is 2. The number of hydrogen-bond donors (Lipinski definition) is 3. The second-order valence-corrected chi connectivity index (χ2v) is 2.09. The van der Waals surface area contributed by atoms with Crippen molar-refractivity contribution in [1.82, 2.24) is 5.32 Å². The van der Waals surface area contributed by atoms with Gasteiger partial charge in [-0.3, -0.25) is 4.79 Å². The summed E-state index contributed by atoms with van der Waals surface area (Å²) in [4.78, 5) is 13.9. The van der Waals surface area contributed by atoms with Gasteiger partial charge < -0.3 is 16.8 Å². The third-order valence-corrected chi connectivity index (χ3v) is 0.961. The molecule has 11 heavy (non-hydrogen) atoms. The van der Waals surface area contributed by atoms with Gasteiger partial charge in [-0.1, -0.05) is 6.92 Å². The minimum atomic E-state index is -0.480. The van der Waals surface area contributed by atoms with E-state index in [1.807, 2.05) is 6.92 Å². The van der Waals surface area contributed by atoms with Crippen LogP contribution in [0.25, 0.3) is 0 Å². The Morgan fingerprint density at radius 2 is 2.18 bits per heavy atom. The topological polar surface area (TPSA) is 93.5 Å². The van der Waals surface area contributed by atoms with Crippen LogP contribution in [-0.2, 0) is 4.79 Å². The molecule has 0 aliphatic rings. The minimum absolute atomic E-state index is 0.0530. The molecule has 5 heteroatoms. The molecule has 0 aliphatic heterocycles. The van der Waals surface area contributed by atoms with E-state index >= 15 is 0 Å². The van der Waals surface area contributed by atoms with Gasteiger partial charge in [0.25, 0.3) is 0 Å². The summed E-state index contributed by atoms with van der Waals surface area (Å²) in [7, 11) is 0. The Balaban J connectivity index is 3.54. The quantitative estimate of drug-likeness (QED) is 0.354. The zero-order chi connectivity index (χ0) is 8.69. The number of aliphatic imine (C=N–C) groups is 1. The van der Waals surface area contributed by atoms with Crippen LogP contribution in [0.1, 0.15) is 13.3 Å². The molecule has 5 nitrogen and oxygen atoms in total. The fourth-order valence-electron chi connectivity index (χ4n) is 0.472. The first kappa shape index (κ1) is 9.74. The molecule has 0 rings (SSSR count). The minimum Gasteiger partial charge on any atom is -0.370 e. The molecule has 0 heterocycles. The van der Waals surface area contributed by atoms with Crippen molar-refractivity contribution in [1.29, 1.82) is 0 Å². The van der Waals surface area contributed by atoms with Crippen LogP contribution in [0.15, 0.2) is 4.99 Å². The average Bonchev–Trinajstić information content (AvgIpc) is 1.97. The van der Waals surface area contributed by atoms with E-state index in [1.165, 1.54) is 0 Å². The summed E-state index contributed by atoms with van der Waals surface area (Å²) in [5.41, 5.74) is 10.2. The summed E-state index contributed by atoms with van der Waals surface area (Å²) in [6.07, 6.45) is 0.965. The molecule has 1 amide bonds. The van der Waals surface area contributed by atoms with Gasteiger partial charge in [0, 0.05) is 6.54 Å². The molecule has 0 atom stereocenters. The SMILES string of the molecule is CCCNC(N)=NCC(N)=O. The molecule has 0 bridgehead atoms. The lowest BCUT2D eigenvalue weighted by atomic mass is 10.5. The van der Waals surface area contributed by atoms with Crippen molar-refractivity contribution in [2.24, 2.45) is 16.5 Å². The van der Waals surface area contributed by atoms with E-state index < -0.39 is 5.91 Å². The van der Waals surface area contributed by atoms with E-state index in [1.54, 1.807) is 0 Å². The number of amides is 1. The first-order chi connectivity index (χ1) is 5.16. The predicted octanol–water partition coefficient (Wildman–Crippen LogP) is -1.21. The number of nitrogens with one attached hydrogen (secondary N) is 1. The smallest absolute Gasteiger partial charge is 0.239 e. The predicted molar refractivity (Wildman–Crippen MR) is 44.0 cm³/mol. The highest BCUT2D eigenvalue weighted by atomic mass is 16.1. The fourth-order valence-corrected chi connectivity index (χ4v) is 0.472. The zero-order valence-electron chi connectivity index (χ0n) is 6.63. The lowest BCUT2D eigenvalue weighted by molar-refractivity contribution is -0.116. The van der Waals surface area contributed by atoms with Crippen molar-refractivity contribution >= 4 is 11.9 Å². The zero-order valence-corrected chi connectivity index (χ0v) is 6.63. The van der Waals surface area contributed by atoms with E-state index in [4.69, 9.17) is 11.5 Å². The van der Waals surface area contributed by atoms with Crippen LogP contribution >= 0.6 is 0 Å². The van der Waals surface area contributed by atoms with Gasteiger partial charge in [-0.05, 0) is 6.42 Å². The molecule has 0 aromatic carbocycles. The first-order valence-corrected chi connectivity index (χ1v) is 3.49. The van der Waals surface area contributed by atoms with Crippen LogP contribution < -0.4 is 16.8 Å². The van der Waals surface area contributed by atoms with Crippen LogP contribution in [0.2, 0.25) is 0 Å². The van der Waals surface area contributed by atoms with Gasteiger partial charge >= 0.3 is 0 Å². The molecule has 0 spiro atoms. The van der Waals surface area contributed by atoms with Crippen molar-refractivity contribution in [2.45, 2.75) is 13.3 Å².